The Morgan fingerprint density at radius 1 is 1.20 bits per heavy atom. The Labute approximate surface area is 154 Å². The molecule has 0 radical (unpaired) electrons. The number of thiazole rings is 1. The molecule has 0 spiro atoms. The Balaban J connectivity index is 1.81. The highest BCUT2D eigenvalue weighted by Crippen LogP contribution is 2.30. The third kappa shape index (κ3) is 3.78. The van der Waals surface area contributed by atoms with Crippen molar-refractivity contribution < 1.29 is 9.59 Å². The van der Waals surface area contributed by atoms with Crippen molar-refractivity contribution in [1.29, 1.82) is 0 Å². The summed E-state index contributed by atoms with van der Waals surface area (Å²) in [5.41, 5.74) is 2.84. The van der Waals surface area contributed by atoms with Crippen LogP contribution in [0.5, 0.6) is 0 Å². The molecular weight excluding hydrogens is 354 g/mol. The Hall–Kier alpha value is -2.51. The highest BCUT2D eigenvalue weighted by molar-refractivity contribution is 7.17. The van der Waals surface area contributed by atoms with Crippen molar-refractivity contribution >= 4 is 40.2 Å². The first-order valence-electron chi connectivity index (χ1n) is 7.59. The fraction of sp³-hybridized carbons (Fsp3) is 0.167. The van der Waals surface area contributed by atoms with Crippen LogP contribution in [0, 0.1) is 6.92 Å². The summed E-state index contributed by atoms with van der Waals surface area (Å²) >= 11 is 2.97. The van der Waals surface area contributed by atoms with Crippen molar-refractivity contribution in [3.63, 3.8) is 0 Å². The van der Waals surface area contributed by atoms with Gasteiger partial charge in [-0.2, -0.15) is 11.3 Å². The van der Waals surface area contributed by atoms with Gasteiger partial charge in [0.05, 0.1) is 5.69 Å². The first kappa shape index (κ1) is 17.3. The van der Waals surface area contributed by atoms with E-state index in [0.29, 0.717) is 21.8 Å². The maximum Gasteiger partial charge on any atom is 0.267 e. The van der Waals surface area contributed by atoms with Crippen LogP contribution in [-0.4, -0.2) is 35.8 Å². The van der Waals surface area contributed by atoms with E-state index >= 15 is 0 Å². The average Bonchev–Trinajstić information content (AvgIpc) is 3.23. The molecule has 0 aliphatic heterocycles. The monoisotopic (exact) mass is 371 g/mol. The summed E-state index contributed by atoms with van der Waals surface area (Å²) in [6, 6.07) is 8.91. The van der Waals surface area contributed by atoms with E-state index in [-0.39, 0.29) is 11.8 Å². The van der Waals surface area contributed by atoms with Gasteiger partial charge in [-0.05, 0) is 36.6 Å². The van der Waals surface area contributed by atoms with Gasteiger partial charge in [0.15, 0.2) is 0 Å². The summed E-state index contributed by atoms with van der Waals surface area (Å²) in [7, 11) is 3.39. The number of aromatic nitrogens is 1. The van der Waals surface area contributed by atoms with Crippen LogP contribution in [0.15, 0.2) is 41.1 Å². The molecule has 0 bridgehead atoms. The normalized spacial score (nSPS) is 10.5. The predicted octanol–water partition coefficient (Wildman–Crippen LogP) is 4.13. The molecule has 3 rings (SSSR count). The second-order valence-electron chi connectivity index (χ2n) is 5.68. The van der Waals surface area contributed by atoms with Gasteiger partial charge in [-0.3, -0.25) is 9.59 Å². The molecule has 0 fully saturated rings. The number of nitrogens with zero attached hydrogens (tertiary/aromatic N) is 2. The number of hydrogen-bond acceptors (Lipinski definition) is 5. The molecule has 128 valence electrons. The number of carbonyl (C=O) groups excluding carboxylic acids is 2. The van der Waals surface area contributed by atoms with E-state index in [9.17, 15) is 9.59 Å². The Kier molecular flexibility index (Phi) is 4.96. The van der Waals surface area contributed by atoms with E-state index in [1.807, 2.05) is 23.8 Å². The number of nitrogens with one attached hydrogen (secondary N) is 1. The van der Waals surface area contributed by atoms with Gasteiger partial charge in [-0.1, -0.05) is 6.07 Å². The summed E-state index contributed by atoms with van der Waals surface area (Å²) in [5.74, 6) is -0.323. The van der Waals surface area contributed by atoms with Crippen molar-refractivity contribution in [2.24, 2.45) is 0 Å². The molecule has 25 heavy (non-hydrogen) atoms. The molecule has 5 nitrogen and oxygen atoms in total. The minimum absolute atomic E-state index is 0.107. The SMILES string of the molecule is Cc1nc(-c2ccsc2)sc1C(=O)Nc1cccc(C(=O)N(C)C)c1. The van der Waals surface area contributed by atoms with Gasteiger partial charge in [0.1, 0.15) is 9.88 Å². The maximum atomic E-state index is 12.6. The number of anilines is 1. The second-order valence-corrected chi connectivity index (χ2v) is 7.46. The molecule has 1 aromatic carbocycles. The lowest BCUT2D eigenvalue weighted by Gasteiger charge is -2.11. The fourth-order valence-electron chi connectivity index (χ4n) is 2.29. The van der Waals surface area contributed by atoms with E-state index < -0.39 is 0 Å². The molecule has 2 amide bonds. The molecule has 0 unspecified atom stereocenters. The highest BCUT2D eigenvalue weighted by Gasteiger charge is 2.17. The van der Waals surface area contributed by atoms with E-state index in [1.165, 1.54) is 16.2 Å². The van der Waals surface area contributed by atoms with Crippen LogP contribution in [0.1, 0.15) is 25.7 Å². The van der Waals surface area contributed by atoms with Crippen molar-refractivity contribution in [3.05, 3.63) is 57.2 Å². The lowest BCUT2D eigenvalue weighted by atomic mass is 10.2. The van der Waals surface area contributed by atoms with E-state index in [2.05, 4.69) is 10.3 Å². The lowest BCUT2D eigenvalue weighted by molar-refractivity contribution is 0.0827. The quantitative estimate of drug-likeness (QED) is 0.750. The van der Waals surface area contributed by atoms with Gasteiger partial charge in [-0.15, -0.1) is 11.3 Å². The van der Waals surface area contributed by atoms with Crippen LogP contribution in [0.2, 0.25) is 0 Å². The maximum absolute atomic E-state index is 12.6. The number of rotatable bonds is 4. The zero-order valence-corrected chi connectivity index (χ0v) is 15.7. The van der Waals surface area contributed by atoms with Crippen LogP contribution in [0.4, 0.5) is 5.69 Å². The third-order valence-electron chi connectivity index (χ3n) is 3.54. The van der Waals surface area contributed by atoms with Gasteiger partial charge in [0.25, 0.3) is 11.8 Å². The molecule has 0 atom stereocenters. The molecule has 2 aromatic heterocycles. The largest absolute Gasteiger partial charge is 0.345 e. The van der Waals surface area contributed by atoms with E-state index in [1.54, 1.807) is 49.7 Å². The summed E-state index contributed by atoms with van der Waals surface area (Å²) in [6.07, 6.45) is 0. The molecular formula is C18H17N3O2S2. The predicted molar refractivity (Wildman–Crippen MR) is 103 cm³/mol. The highest BCUT2D eigenvalue weighted by atomic mass is 32.1. The van der Waals surface area contributed by atoms with Crippen LogP contribution in [-0.2, 0) is 0 Å². The number of benzene rings is 1. The Morgan fingerprint density at radius 3 is 2.68 bits per heavy atom. The van der Waals surface area contributed by atoms with Gasteiger partial charge in [0, 0.05) is 36.3 Å². The summed E-state index contributed by atoms with van der Waals surface area (Å²) in [4.78, 5) is 31.2. The summed E-state index contributed by atoms with van der Waals surface area (Å²) in [6.45, 7) is 1.83. The minimum atomic E-state index is -0.217. The van der Waals surface area contributed by atoms with Crippen LogP contribution in [0.3, 0.4) is 0 Å². The number of thiophene rings is 1. The molecule has 0 aliphatic carbocycles. The van der Waals surface area contributed by atoms with Gasteiger partial charge in [0.2, 0.25) is 0 Å². The summed E-state index contributed by atoms with van der Waals surface area (Å²) in [5, 5.41) is 7.68. The first-order valence-corrected chi connectivity index (χ1v) is 9.34. The van der Waals surface area contributed by atoms with Gasteiger partial charge in [-0.25, -0.2) is 4.98 Å². The number of amides is 2. The Bertz CT molecular complexity index is 914. The van der Waals surface area contributed by atoms with Crippen molar-refractivity contribution in [2.45, 2.75) is 6.92 Å². The number of carbonyl (C=O) groups is 2. The second kappa shape index (κ2) is 7.16. The van der Waals surface area contributed by atoms with Crippen LogP contribution in [0.25, 0.3) is 10.6 Å². The Morgan fingerprint density at radius 2 is 2.00 bits per heavy atom. The molecule has 3 aromatic rings. The van der Waals surface area contributed by atoms with Gasteiger partial charge >= 0.3 is 0 Å². The zero-order valence-electron chi connectivity index (χ0n) is 14.1. The zero-order chi connectivity index (χ0) is 18.0. The standard InChI is InChI=1S/C18H17N3O2S2/c1-11-15(25-17(19-11)13-7-8-24-10-13)16(22)20-14-6-4-5-12(9-14)18(23)21(2)3/h4-10H,1-3H3,(H,20,22). The molecule has 2 heterocycles. The molecule has 0 aliphatic rings. The van der Waals surface area contributed by atoms with Gasteiger partial charge < -0.3 is 10.2 Å². The topological polar surface area (TPSA) is 62.3 Å². The van der Waals surface area contributed by atoms with E-state index in [4.69, 9.17) is 0 Å². The number of aryl methyl sites for hydroxylation is 1. The molecule has 0 saturated carbocycles. The first-order chi connectivity index (χ1) is 12.0. The van der Waals surface area contributed by atoms with Crippen molar-refractivity contribution in [2.75, 3.05) is 19.4 Å². The smallest absolute Gasteiger partial charge is 0.267 e. The average molecular weight is 371 g/mol. The van der Waals surface area contributed by atoms with Crippen LogP contribution < -0.4 is 5.32 Å². The molecule has 1 N–H and O–H groups in total. The molecule has 7 heteroatoms. The lowest BCUT2D eigenvalue weighted by Crippen LogP contribution is -2.21. The van der Waals surface area contributed by atoms with Crippen molar-refractivity contribution in [1.82, 2.24) is 9.88 Å². The third-order valence-corrected chi connectivity index (χ3v) is 5.43. The summed E-state index contributed by atoms with van der Waals surface area (Å²) < 4.78 is 0. The fourth-order valence-corrected chi connectivity index (χ4v) is 3.97. The number of hydrogen-bond donors (Lipinski definition) is 1. The van der Waals surface area contributed by atoms with Crippen molar-refractivity contribution in [3.8, 4) is 10.6 Å². The minimum Gasteiger partial charge on any atom is -0.345 e. The van der Waals surface area contributed by atoms with E-state index in [0.717, 1.165) is 10.6 Å². The molecule has 0 saturated heterocycles. The van der Waals surface area contributed by atoms with Crippen LogP contribution >= 0.6 is 22.7 Å².